The Bertz CT molecular complexity index is 1450. The molecule has 0 saturated heterocycles. The largest absolute Gasteiger partial charge is 0.322 e. The minimum absolute atomic E-state index is 0.245. The summed E-state index contributed by atoms with van der Waals surface area (Å²) in [5.41, 5.74) is 5.53. The van der Waals surface area contributed by atoms with E-state index < -0.39 is 0 Å². The lowest BCUT2D eigenvalue weighted by Gasteiger charge is -2.11. The fourth-order valence-corrected chi connectivity index (χ4v) is 3.80. The highest BCUT2D eigenvalue weighted by atomic mass is 16.2. The molecule has 0 radical (unpaired) electrons. The van der Waals surface area contributed by atoms with Gasteiger partial charge in [-0.15, -0.1) is 0 Å². The molecule has 0 aliphatic carbocycles. The highest BCUT2D eigenvalue weighted by Crippen LogP contribution is 2.20. The van der Waals surface area contributed by atoms with E-state index in [4.69, 9.17) is 0 Å². The Morgan fingerprint density at radius 3 is 2.55 bits per heavy atom. The van der Waals surface area contributed by atoms with E-state index in [9.17, 15) is 9.59 Å². The van der Waals surface area contributed by atoms with E-state index in [1.807, 2.05) is 62.3 Å². The number of nitrogens with zero attached hydrogens (tertiary/aromatic N) is 4. The summed E-state index contributed by atoms with van der Waals surface area (Å²) in [6.07, 6.45) is 9.10. The molecule has 2 heterocycles. The van der Waals surface area contributed by atoms with Gasteiger partial charge in [0.25, 0.3) is 5.91 Å². The Kier molecular flexibility index (Phi) is 8.69. The summed E-state index contributed by atoms with van der Waals surface area (Å²) in [5, 5.41) is 5.73. The van der Waals surface area contributed by atoms with Gasteiger partial charge < -0.3 is 15.5 Å². The first-order chi connectivity index (χ1) is 18.4. The second-order valence-electron chi connectivity index (χ2n) is 9.11. The molecular weight excluding hydrogens is 476 g/mol. The minimum Gasteiger partial charge on any atom is -0.322 e. The molecule has 0 bridgehead atoms. The second-order valence-corrected chi connectivity index (χ2v) is 9.11. The first kappa shape index (κ1) is 26.4. The van der Waals surface area contributed by atoms with Crippen LogP contribution in [-0.2, 0) is 11.2 Å². The number of aryl methyl sites for hydroxylation is 1. The van der Waals surface area contributed by atoms with Crippen molar-refractivity contribution in [3.8, 4) is 11.3 Å². The van der Waals surface area contributed by atoms with Gasteiger partial charge >= 0.3 is 0 Å². The minimum atomic E-state index is -0.260. The van der Waals surface area contributed by atoms with E-state index in [-0.39, 0.29) is 11.8 Å². The molecule has 192 valence electrons. The van der Waals surface area contributed by atoms with Gasteiger partial charge in [-0.2, -0.15) is 0 Å². The molecule has 2 N–H and O–H groups in total. The van der Waals surface area contributed by atoms with Crippen molar-refractivity contribution in [3.05, 3.63) is 114 Å². The van der Waals surface area contributed by atoms with Crippen molar-refractivity contribution in [1.29, 1.82) is 0 Å². The zero-order valence-electron chi connectivity index (χ0n) is 21.7. The van der Waals surface area contributed by atoms with Gasteiger partial charge in [0.1, 0.15) is 5.82 Å². The van der Waals surface area contributed by atoms with E-state index in [0.717, 1.165) is 22.4 Å². The Morgan fingerprint density at radius 1 is 0.947 bits per heavy atom. The summed E-state index contributed by atoms with van der Waals surface area (Å²) in [4.78, 5) is 40.2. The number of nitrogens with one attached hydrogen (secondary N) is 2. The molecule has 4 rings (SSSR count). The van der Waals surface area contributed by atoms with Gasteiger partial charge in [-0.05, 0) is 80.7 Å². The molecule has 38 heavy (non-hydrogen) atoms. The summed E-state index contributed by atoms with van der Waals surface area (Å²) >= 11 is 0. The van der Waals surface area contributed by atoms with E-state index in [1.54, 1.807) is 48.9 Å². The zero-order chi connectivity index (χ0) is 26.9. The number of rotatable bonds is 9. The number of likely N-dealkylation sites (N-methyl/N-ethyl adjacent to an activating group) is 1. The maximum Gasteiger partial charge on any atom is 0.255 e. The van der Waals surface area contributed by atoms with Gasteiger partial charge in [-0.1, -0.05) is 18.2 Å². The van der Waals surface area contributed by atoms with Gasteiger partial charge in [0, 0.05) is 60.1 Å². The molecule has 2 aromatic heterocycles. The molecular formula is C30H30N6O2. The van der Waals surface area contributed by atoms with Crippen molar-refractivity contribution < 1.29 is 9.59 Å². The predicted molar refractivity (Wildman–Crippen MR) is 150 cm³/mol. The molecule has 0 saturated carbocycles. The molecule has 0 aliphatic heterocycles. The predicted octanol–water partition coefficient (Wildman–Crippen LogP) is 4.75. The maximum atomic E-state index is 12.9. The van der Waals surface area contributed by atoms with Crippen LogP contribution in [0.5, 0.6) is 0 Å². The number of aromatic nitrogens is 3. The molecule has 0 fully saturated rings. The summed E-state index contributed by atoms with van der Waals surface area (Å²) < 4.78 is 0. The Hall–Kier alpha value is -4.69. The van der Waals surface area contributed by atoms with E-state index in [0.29, 0.717) is 35.7 Å². The van der Waals surface area contributed by atoms with Gasteiger partial charge in [0.05, 0.1) is 5.69 Å². The van der Waals surface area contributed by atoms with E-state index >= 15 is 0 Å². The average Bonchev–Trinajstić information content (AvgIpc) is 2.91. The topological polar surface area (TPSA) is 100 Å². The van der Waals surface area contributed by atoms with Crippen LogP contribution >= 0.6 is 0 Å². The zero-order valence-corrected chi connectivity index (χ0v) is 21.7. The monoisotopic (exact) mass is 506 g/mol. The van der Waals surface area contributed by atoms with Crippen molar-refractivity contribution >= 4 is 23.2 Å². The van der Waals surface area contributed by atoms with Gasteiger partial charge in [-0.3, -0.25) is 14.6 Å². The lowest BCUT2D eigenvalue weighted by Crippen LogP contribution is -2.14. The van der Waals surface area contributed by atoms with Crippen LogP contribution in [0.15, 0.2) is 91.4 Å². The Morgan fingerprint density at radius 2 is 1.79 bits per heavy atom. The van der Waals surface area contributed by atoms with Crippen LogP contribution in [0.4, 0.5) is 11.4 Å². The fourth-order valence-electron chi connectivity index (χ4n) is 3.80. The van der Waals surface area contributed by atoms with E-state index in [2.05, 4.69) is 25.6 Å². The summed E-state index contributed by atoms with van der Waals surface area (Å²) in [6, 6.07) is 18.3. The molecule has 0 atom stereocenters. The normalized spacial score (nSPS) is 11.1. The third-order valence-corrected chi connectivity index (χ3v) is 5.74. The molecule has 8 heteroatoms. The van der Waals surface area contributed by atoms with Gasteiger partial charge in [0.15, 0.2) is 0 Å². The third-order valence-electron chi connectivity index (χ3n) is 5.74. The molecule has 8 nitrogen and oxygen atoms in total. The first-order valence-electron chi connectivity index (χ1n) is 12.2. The number of carbonyl (C=O) groups is 2. The lowest BCUT2D eigenvalue weighted by molar-refractivity contribution is -0.111. The number of carbonyl (C=O) groups excluding carboxylic acids is 2. The van der Waals surface area contributed by atoms with Crippen molar-refractivity contribution in [3.63, 3.8) is 0 Å². The van der Waals surface area contributed by atoms with Crippen molar-refractivity contribution in [2.24, 2.45) is 0 Å². The number of benzene rings is 2. The molecule has 2 aromatic carbocycles. The van der Waals surface area contributed by atoms with Crippen molar-refractivity contribution in [2.75, 3.05) is 31.3 Å². The van der Waals surface area contributed by atoms with Crippen LogP contribution in [0.1, 0.15) is 27.3 Å². The lowest BCUT2D eigenvalue weighted by atomic mass is 10.0. The number of hydrogen-bond donors (Lipinski definition) is 2. The first-order valence-corrected chi connectivity index (χ1v) is 12.2. The van der Waals surface area contributed by atoms with Crippen molar-refractivity contribution in [2.45, 2.75) is 13.3 Å². The fraction of sp³-hybridized carbons (Fsp3) is 0.167. The average molecular weight is 507 g/mol. The molecule has 0 spiro atoms. The number of anilines is 2. The second kappa shape index (κ2) is 12.5. The van der Waals surface area contributed by atoms with Crippen LogP contribution in [-0.4, -0.2) is 52.3 Å². The van der Waals surface area contributed by atoms with Crippen molar-refractivity contribution in [1.82, 2.24) is 19.9 Å². The van der Waals surface area contributed by atoms with Gasteiger partial charge in [-0.25, -0.2) is 9.97 Å². The highest BCUT2D eigenvalue weighted by molar-refractivity contribution is 6.06. The molecule has 0 aliphatic rings. The summed E-state index contributed by atoms with van der Waals surface area (Å²) in [6.45, 7) is 2.66. The van der Waals surface area contributed by atoms with Crippen LogP contribution in [0.3, 0.4) is 0 Å². The smallest absolute Gasteiger partial charge is 0.255 e. The number of amides is 2. The number of hydrogen-bond acceptors (Lipinski definition) is 6. The molecule has 0 unspecified atom stereocenters. The SMILES string of the molecule is Cc1cc(NC(=O)c2cccc(NC(=O)/C=C/CN(C)C)c2)ccc1Cc1nccc(-c2cccnc2)n1. The van der Waals surface area contributed by atoms with E-state index in [1.165, 1.54) is 6.08 Å². The van der Waals surface area contributed by atoms with Crippen LogP contribution < -0.4 is 10.6 Å². The Balaban J connectivity index is 1.40. The van der Waals surface area contributed by atoms with Gasteiger partial charge in [0.2, 0.25) is 5.91 Å². The summed E-state index contributed by atoms with van der Waals surface area (Å²) in [5.74, 6) is 0.205. The highest BCUT2D eigenvalue weighted by Gasteiger charge is 2.10. The Labute approximate surface area is 222 Å². The number of pyridine rings is 1. The molecule has 4 aromatic rings. The maximum absolute atomic E-state index is 12.9. The van der Waals surface area contributed by atoms with Crippen LogP contribution in [0.2, 0.25) is 0 Å². The molecule has 2 amide bonds. The third kappa shape index (κ3) is 7.41. The standard InChI is InChI=1S/C30H30N6O2/c1-21-17-26(12-11-22(21)19-28-32-15-13-27(35-28)24-8-5-14-31-20-24)34-30(38)23-7-4-9-25(18-23)33-29(37)10-6-16-36(2)3/h4-15,17-18,20H,16,19H2,1-3H3,(H,33,37)(H,34,38)/b10-6+. The summed E-state index contributed by atoms with van der Waals surface area (Å²) in [7, 11) is 3.85. The van der Waals surface area contributed by atoms with Crippen LogP contribution in [0, 0.1) is 6.92 Å². The van der Waals surface area contributed by atoms with Crippen LogP contribution in [0.25, 0.3) is 11.3 Å². The quantitative estimate of drug-likeness (QED) is 0.318.